The third-order valence-electron chi connectivity index (χ3n) is 6.18. The van der Waals surface area contributed by atoms with Crippen LogP contribution < -0.4 is 15.1 Å². The average Bonchev–Trinajstić information content (AvgIpc) is 3.12. The number of hydrogen-bond donors (Lipinski definition) is 0. The van der Waals surface area contributed by atoms with Gasteiger partial charge in [-0.3, -0.25) is 14.5 Å². The molecule has 0 fully saturated rings. The van der Waals surface area contributed by atoms with Crippen LogP contribution in [0.25, 0.3) is 11.0 Å². The molecule has 0 aliphatic carbocycles. The molecule has 1 atom stereocenters. The highest BCUT2D eigenvalue weighted by molar-refractivity contribution is 6.10. The van der Waals surface area contributed by atoms with E-state index in [1.807, 2.05) is 69.3 Å². The van der Waals surface area contributed by atoms with Crippen molar-refractivity contribution in [1.29, 1.82) is 0 Å². The molecular formula is C28H24N2O4. The van der Waals surface area contributed by atoms with Crippen molar-refractivity contribution in [1.82, 2.24) is 4.98 Å². The molecule has 6 nitrogen and oxygen atoms in total. The number of hydrogen-bond acceptors (Lipinski definition) is 5. The zero-order chi connectivity index (χ0) is 24.0. The molecule has 1 aliphatic rings. The second-order valence-corrected chi connectivity index (χ2v) is 8.55. The van der Waals surface area contributed by atoms with Crippen molar-refractivity contribution in [2.24, 2.45) is 0 Å². The highest BCUT2D eigenvalue weighted by Crippen LogP contribution is 2.41. The van der Waals surface area contributed by atoms with Crippen LogP contribution >= 0.6 is 0 Å². The predicted octanol–water partition coefficient (Wildman–Crippen LogP) is 5.43. The van der Waals surface area contributed by atoms with Gasteiger partial charge in [0.05, 0.1) is 17.0 Å². The molecule has 4 aromatic rings. The van der Waals surface area contributed by atoms with Crippen LogP contribution in [0, 0.1) is 20.8 Å². The van der Waals surface area contributed by atoms with Gasteiger partial charge in [-0.25, -0.2) is 4.98 Å². The Balaban J connectivity index is 1.78. The molecule has 170 valence electrons. The fraction of sp³-hybridized carbons (Fsp3) is 0.179. The maximum Gasteiger partial charge on any atom is 0.296 e. The number of pyridine rings is 1. The maximum absolute atomic E-state index is 13.8. The van der Waals surface area contributed by atoms with Crippen molar-refractivity contribution in [3.63, 3.8) is 0 Å². The molecule has 1 aliphatic heterocycles. The number of rotatable bonds is 5. The van der Waals surface area contributed by atoms with E-state index in [2.05, 4.69) is 11.6 Å². The lowest BCUT2D eigenvalue weighted by atomic mass is 9.97. The number of amides is 1. The summed E-state index contributed by atoms with van der Waals surface area (Å²) in [6.07, 6.45) is 3.31. The first-order valence-corrected chi connectivity index (χ1v) is 11.1. The van der Waals surface area contributed by atoms with E-state index < -0.39 is 11.9 Å². The minimum absolute atomic E-state index is 0.0477. The number of carbonyl (C=O) groups is 1. The Kier molecular flexibility index (Phi) is 5.28. The molecule has 0 saturated heterocycles. The molecule has 1 unspecified atom stereocenters. The number of carbonyl (C=O) groups excluding carboxylic acids is 1. The first-order chi connectivity index (χ1) is 16.4. The van der Waals surface area contributed by atoms with E-state index in [9.17, 15) is 9.59 Å². The Bertz CT molecular complexity index is 1520. The topological polar surface area (TPSA) is 72.6 Å². The lowest BCUT2D eigenvalue weighted by molar-refractivity contribution is 0.0970. The van der Waals surface area contributed by atoms with E-state index in [0.29, 0.717) is 34.7 Å². The molecular weight excluding hydrogens is 428 g/mol. The van der Waals surface area contributed by atoms with E-state index in [1.165, 1.54) is 4.90 Å². The molecule has 0 spiro atoms. The summed E-state index contributed by atoms with van der Waals surface area (Å²) in [6, 6.07) is 14.0. The highest BCUT2D eigenvalue weighted by Gasteiger charge is 2.44. The maximum atomic E-state index is 13.8. The monoisotopic (exact) mass is 452 g/mol. The van der Waals surface area contributed by atoms with E-state index in [4.69, 9.17) is 9.15 Å². The van der Waals surface area contributed by atoms with Crippen LogP contribution in [0.1, 0.15) is 44.4 Å². The van der Waals surface area contributed by atoms with Gasteiger partial charge in [-0.2, -0.15) is 0 Å². The SMILES string of the molecule is C=CCOc1cccc(C2c3c(oc4cc(C)c(C)cc4c3=O)C(=O)N2c2cc(C)ccn2)c1. The lowest BCUT2D eigenvalue weighted by Gasteiger charge is -2.24. The average molecular weight is 453 g/mol. The molecule has 1 amide bonds. The van der Waals surface area contributed by atoms with Gasteiger partial charge in [0.15, 0.2) is 5.43 Å². The number of nitrogens with zero attached hydrogens (tertiary/aromatic N) is 2. The Labute approximate surface area is 197 Å². The van der Waals surface area contributed by atoms with Crippen molar-refractivity contribution in [2.45, 2.75) is 26.8 Å². The number of ether oxygens (including phenoxy) is 1. The van der Waals surface area contributed by atoms with Crippen LogP contribution in [-0.4, -0.2) is 17.5 Å². The van der Waals surface area contributed by atoms with Gasteiger partial charge in [-0.15, -0.1) is 0 Å². The van der Waals surface area contributed by atoms with Crippen LogP contribution in [0.4, 0.5) is 5.82 Å². The second-order valence-electron chi connectivity index (χ2n) is 8.55. The molecule has 6 heteroatoms. The van der Waals surface area contributed by atoms with Crippen molar-refractivity contribution in [3.05, 3.63) is 111 Å². The van der Waals surface area contributed by atoms with Gasteiger partial charge in [0, 0.05) is 6.20 Å². The standard InChI is InChI=1S/C28H24N2O4/c1-5-11-33-20-8-6-7-19(15-20)25-24-26(31)21-13-17(3)18(4)14-22(21)34-27(24)28(32)30(25)23-12-16(2)9-10-29-23/h5-10,12-15,25H,1,11H2,2-4H3. The minimum atomic E-state index is -0.702. The van der Waals surface area contributed by atoms with Crippen LogP contribution in [-0.2, 0) is 0 Å². The number of benzene rings is 2. The molecule has 2 aromatic heterocycles. The highest BCUT2D eigenvalue weighted by atomic mass is 16.5. The third kappa shape index (κ3) is 3.48. The summed E-state index contributed by atoms with van der Waals surface area (Å²) >= 11 is 0. The summed E-state index contributed by atoms with van der Waals surface area (Å²) in [6.45, 7) is 9.87. The predicted molar refractivity (Wildman–Crippen MR) is 132 cm³/mol. The molecule has 2 aromatic carbocycles. The van der Waals surface area contributed by atoms with Crippen molar-refractivity contribution in [3.8, 4) is 5.75 Å². The Morgan fingerprint density at radius 2 is 1.88 bits per heavy atom. The Morgan fingerprint density at radius 3 is 2.65 bits per heavy atom. The fourth-order valence-corrected chi connectivity index (χ4v) is 4.36. The van der Waals surface area contributed by atoms with Gasteiger partial charge in [0.1, 0.15) is 23.8 Å². The molecule has 3 heterocycles. The van der Waals surface area contributed by atoms with Gasteiger partial charge in [0.25, 0.3) is 5.91 Å². The van der Waals surface area contributed by atoms with Crippen molar-refractivity contribution in [2.75, 3.05) is 11.5 Å². The van der Waals surface area contributed by atoms with Gasteiger partial charge in [0.2, 0.25) is 5.76 Å². The molecule has 0 saturated carbocycles. The first-order valence-electron chi connectivity index (χ1n) is 11.1. The summed E-state index contributed by atoms with van der Waals surface area (Å²) in [5.74, 6) is 0.723. The Morgan fingerprint density at radius 1 is 1.09 bits per heavy atom. The molecule has 0 N–H and O–H groups in total. The lowest BCUT2D eigenvalue weighted by Crippen LogP contribution is -2.30. The zero-order valence-corrected chi connectivity index (χ0v) is 19.3. The van der Waals surface area contributed by atoms with Crippen molar-refractivity contribution < 1.29 is 13.9 Å². The van der Waals surface area contributed by atoms with Crippen LogP contribution in [0.2, 0.25) is 0 Å². The van der Waals surface area contributed by atoms with E-state index in [0.717, 1.165) is 22.3 Å². The van der Waals surface area contributed by atoms with E-state index >= 15 is 0 Å². The minimum Gasteiger partial charge on any atom is -0.490 e. The molecule has 34 heavy (non-hydrogen) atoms. The van der Waals surface area contributed by atoms with E-state index in [1.54, 1.807) is 12.3 Å². The Hall–Kier alpha value is -4.19. The summed E-state index contributed by atoms with van der Waals surface area (Å²) in [5.41, 5.74) is 4.15. The number of anilines is 1. The van der Waals surface area contributed by atoms with Gasteiger partial charge in [-0.1, -0.05) is 24.8 Å². The number of fused-ring (bicyclic) bond motifs is 2. The molecule has 0 radical (unpaired) electrons. The first kappa shape index (κ1) is 21.6. The fourth-order valence-electron chi connectivity index (χ4n) is 4.36. The van der Waals surface area contributed by atoms with Gasteiger partial charge >= 0.3 is 0 Å². The normalized spacial score (nSPS) is 15.0. The summed E-state index contributed by atoms with van der Waals surface area (Å²) in [5, 5.41) is 0.456. The van der Waals surface area contributed by atoms with Gasteiger partial charge < -0.3 is 9.15 Å². The zero-order valence-electron chi connectivity index (χ0n) is 19.3. The largest absolute Gasteiger partial charge is 0.490 e. The van der Waals surface area contributed by atoms with Gasteiger partial charge in [-0.05, 0) is 79.4 Å². The third-order valence-corrected chi connectivity index (χ3v) is 6.18. The van der Waals surface area contributed by atoms with E-state index in [-0.39, 0.29) is 11.2 Å². The summed E-state index contributed by atoms with van der Waals surface area (Å²) < 4.78 is 11.8. The summed E-state index contributed by atoms with van der Waals surface area (Å²) in [7, 11) is 0. The molecule has 0 bridgehead atoms. The van der Waals surface area contributed by atoms with Crippen LogP contribution in [0.3, 0.4) is 0 Å². The smallest absolute Gasteiger partial charge is 0.296 e. The molecule has 5 rings (SSSR count). The number of aromatic nitrogens is 1. The second kappa shape index (κ2) is 8.30. The quantitative estimate of drug-likeness (QED) is 0.378. The van der Waals surface area contributed by atoms with Crippen molar-refractivity contribution >= 4 is 22.7 Å². The van der Waals surface area contributed by atoms with Crippen LogP contribution in [0.5, 0.6) is 5.75 Å². The number of aryl methyl sites for hydroxylation is 3. The summed E-state index contributed by atoms with van der Waals surface area (Å²) in [4.78, 5) is 33.5. The van der Waals surface area contributed by atoms with Crippen LogP contribution in [0.15, 0.2) is 76.6 Å².